The third-order valence-electron chi connectivity index (χ3n) is 2.21. The number of nitrogens with two attached hydrogens (primary N) is 1. The number of nitrogens with one attached hydrogen (secondary N) is 1. The molecular formula is C12H12ClN3. The molecule has 0 saturated carbocycles. The lowest BCUT2D eigenvalue weighted by atomic mass is 10.2. The van der Waals surface area contributed by atoms with Gasteiger partial charge < -0.3 is 11.1 Å². The zero-order chi connectivity index (χ0) is 11.4. The second-order valence-corrected chi connectivity index (χ2v) is 3.86. The predicted octanol–water partition coefficient (Wildman–Crippen LogP) is 2.93. The fourth-order valence-electron chi connectivity index (χ4n) is 1.35. The van der Waals surface area contributed by atoms with Gasteiger partial charge in [-0.15, -0.1) is 0 Å². The number of nitrogens with zero attached hydrogens (tertiary/aromatic N) is 1. The molecule has 1 heterocycles. The van der Waals surface area contributed by atoms with Crippen molar-refractivity contribution in [1.29, 1.82) is 0 Å². The molecule has 0 aliphatic heterocycles. The third-order valence-corrected chi connectivity index (χ3v) is 2.46. The lowest BCUT2D eigenvalue weighted by molar-refractivity contribution is 1.11. The molecular weight excluding hydrogens is 222 g/mol. The summed E-state index contributed by atoms with van der Waals surface area (Å²) in [5.74, 6) is 0.706. The minimum absolute atomic E-state index is 0.650. The van der Waals surface area contributed by atoms with E-state index in [0.29, 0.717) is 18.1 Å². The smallest absolute Gasteiger partial charge is 0.149 e. The van der Waals surface area contributed by atoms with Crippen LogP contribution in [0, 0.1) is 0 Å². The summed E-state index contributed by atoms with van der Waals surface area (Å²) in [5.41, 5.74) is 7.55. The van der Waals surface area contributed by atoms with Crippen LogP contribution in [0.2, 0.25) is 5.02 Å². The van der Waals surface area contributed by atoms with Crippen molar-refractivity contribution in [3.05, 3.63) is 53.2 Å². The zero-order valence-corrected chi connectivity index (χ0v) is 9.41. The number of nitrogen functional groups attached to an aromatic ring is 1. The second kappa shape index (κ2) is 4.86. The lowest BCUT2D eigenvalue weighted by Crippen LogP contribution is -2.03. The molecule has 0 fully saturated rings. The summed E-state index contributed by atoms with van der Waals surface area (Å²) < 4.78 is 0. The van der Waals surface area contributed by atoms with Crippen LogP contribution < -0.4 is 11.1 Å². The molecule has 2 aromatic rings. The summed E-state index contributed by atoms with van der Waals surface area (Å²) >= 11 is 5.80. The summed E-state index contributed by atoms with van der Waals surface area (Å²) in [6.07, 6.45) is 1.71. The van der Waals surface area contributed by atoms with Crippen molar-refractivity contribution < 1.29 is 0 Å². The van der Waals surface area contributed by atoms with E-state index in [9.17, 15) is 0 Å². The molecule has 3 N–H and O–H groups in total. The normalized spacial score (nSPS) is 10.1. The summed E-state index contributed by atoms with van der Waals surface area (Å²) in [7, 11) is 0. The maximum absolute atomic E-state index is 5.80. The topological polar surface area (TPSA) is 50.9 Å². The molecule has 0 aliphatic rings. The van der Waals surface area contributed by atoms with Gasteiger partial charge in [0.05, 0.1) is 5.69 Å². The van der Waals surface area contributed by atoms with Gasteiger partial charge in [-0.1, -0.05) is 23.7 Å². The van der Waals surface area contributed by atoms with E-state index in [1.54, 1.807) is 6.20 Å². The first-order valence-electron chi connectivity index (χ1n) is 4.94. The van der Waals surface area contributed by atoms with Gasteiger partial charge in [0.2, 0.25) is 0 Å². The summed E-state index contributed by atoms with van der Waals surface area (Å²) in [4.78, 5) is 4.15. The number of rotatable bonds is 3. The van der Waals surface area contributed by atoms with Gasteiger partial charge in [0, 0.05) is 17.8 Å². The Morgan fingerprint density at radius 2 is 1.94 bits per heavy atom. The van der Waals surface area contributed by atoms with Crippen LogP contribution in [0.3, 0.4) is 0 Å². The van der Waals surface area contributed by atoms with Crippen molar-refractivity contribution in [2.75, 3.05) is 11.1 Å². The minimum atomic E-state index is 0.650. The molecule has 82 valence electrons. The molecule has 0 bridgehead atoms. The quantitative estimate of drug-likeness (QED) is 0.857. The van der Waals surface area contributed by atoms with Crippen molar-refractivity contribution in [3.8, 4) is 0 Å². The zero-order valence-electron chi connectivity index (χ0n) is 8.65. The summed E-state index contributed by atoms with van der Waals surface area (Å²) in [6, 6.07) is 11.3. The van der Waals surface area contributed by atoms with Gasteiger partial charge in [-0.25, -0.2) is 4.98 Å². The summed E-state index contributed by atoms with van der Waals surface area (Å²) in [5, 5.41) is 3.91. The van der Waals surface area contributed by atoms with Crippen LogP contribution in [-0.2, 0) is 6.54 Å². The number of benzene rings is 1. The molecule has 0 spiro atoms. The van der Waals surface area contributed by atoms with Crippen LogP contribution in [0.5, 0.6) is 0 Å². The highest BCUT2D eigenvalue weighted by Gasteiger charge is 1.98. The first-order chi connectivity index (χ1) is 7.75. The van der Waals surface area contributed by atoms with E-state index >= 15 is 0 Å². The molecule has 0 aliphatic carbocycles. The van der Waals surface area contributed by atoms with Crippen LogP contribution in [0.4, 0.5) is 11.5 Å². The lowest BCUT2D eigenvalue weighted by Gasteiger charge is -2.07. The maximum atomic E-state index is 5.80. The Bertz CT molecular complexity index is 468. The standard InChI is InChI=1S/C12H12ClN3/c13-10-5-3-9(4-6-10)8-16-12-11(14)2-1-7-15-12/h1-7H,8,14H2,(H,15,16). The van der Waals surface area contributed by atoms with Gasteiger partial charge in [0.1, 0.15) is 5.82 Å². The fraction of sp³-hybridized carbons (Fsp3) is 0.0833. The highest BCUT2D eigenvalue weighted by Crippen LogP contribution is 2.15. The summed E-state index contributed by atoms with van der Waals surface area (Å²) in [6.45, 7) is 0.679. The molecule has 1 aromatic heterocycles. The number of aromatic nitrogens is 1. The van der Waals surface area contributed by atoms with Crippen LogP contribution in [0.1, 0.15) is 5.56 Å². The molecule has 0 radical (unpaired) electrons. The van der Waals surface area contributed by atoms with Gasteiger partial charge in [0.15, 0.2) is 0 Å². The van der Waals surface area contributed by atoms with Gasteiger partial charge in [-0.3, -0.25) is 0 Å². The Balaban J connectivity index is 2.02. The molecule has 0 saturated heterocycles. The number of hydrogen-bond donors (Lipinski definition) is 2. The molecule has 16 heavy (non-hydrogen) atoms. The Morgan fingerprint density at radius 1 is 1.19 bits per heavy atom. The van der Waals surface area contributed by atoms with Crippen molar-refractivity contribution in [3.63, 3.8) is 0 Å². The molecule has 4 heteroatoms. The minimum Gasteiger partial charge on any atom is -0.396 e. The Morgan fingerprint density at radius 3 is 2.62 bits per heavy atom. The monoisotopic (exact) mass is 233 g/mol. The average Bonchev–Trinajstić information content (AvgIpc) is 2.30. The SMILES string of the molecule is Nc1cccnc1NCc1ccc(Cl)cc1. The van der Waals surface area contributed by atoms with Crippen molar-refractivity contribution in [2.24, 2.45) is 0 Å². The van der Waals surface area contributed by atoms with E-state index in [4.69, 9.17) is 17.3 Å². The number of hydrogen-bond acceptors (Lipinski definition) is 3. The van der Waals surface area contributed by atoms with E-state index in [2.05, 4.69) is 10.3 Å². The van der Waals surface area contributed by atoms with Crippen LogP contribution in [0.15, 0.2) is 42.6 Å². The predicted molar refractivity (Wildman–Crippen MR) is 67.4 cm³/mol. The highest BCUT2D eigenvalue weighted by molar-refractivity contribution is 6.30. The Labute approximate surface area is 99.3 Å². The first kappa shape index (κ1) is 10.8. The highest BCUT2D eigenvalue weighted by atomic mass is 35.5. The van der Waals surface area contributed by atoms with Crippen LogP contribution in [0.25, 0.3) is 0 Å². The Kier molecular flexibility index (Phi) is 3.27. The van der Waals surface area contributed by atoms with Crippen molar-refractivity contribution >= 4 is 23.1 Å². The van der Waals surface area contributed by atoms with Gasteiger partial charge in [0.25, 0.3) is 0 Å². The van der Waals surface area contributed by atoms with Crippen molar-refractivity contribution in [1.82, 2.24) is 4.98 Å². The number of halogens is 1. The van der Waals surface area contributed by atoms with E-state index in [-0.39, 0.29) is 0 Å². The molecule has 0 atom stereocenters. The third kappa shape index (κ3) is 2.64. The van der Waals surface area contributed by atoms with Crippen LogP contribution >= 0.6 is 11.6 Å². The van der Waals surface area contributed by atoms with Crippen LogP contribution in [-0.4, -0.2) is 4.98 Å². The molecule has 1 aromatic carbocycles. The molecule has 3 nitrogen and oxygen atoms in total. The maximum Gasteiger partial charge on any atom is 0.149 e. The van der Waals surface area contributed by atoms with E-state index in [1.165, 1.54) is 0 Å². The van der Waals surface area contributed by atoms with E-state index in [1.807, 2.05) is 36.4 Å². The van der Waals surface area contributed by atoms with Crippen molar-refractivity contribution in [2.45, 2.75) is 6.54 Å². The number of pyridine rings is 1. The average molecular weight is 234 g/mol. The molecule has 0 amide bonds. The van der Waals surface area contributed by atoms with Gasteiger partial charge >= 0.3 is 0 Å². The molecule has 2 rings (SSSR count). The second-order valence-electron chi connectivity index (χ2n) is 3.42. The van der Waals surface area contributed by atoms with E-state index < -0.39 is 0 Å². The first-order valence-corrected chi connectivity index (χ1v) is 5.32. The fourth-order valence-corrected chi connectivity index (χ4v) is 1.48. The van der Waals surface area contributed by atoms with Gasteiger partial charge in [-0.2, -0.15) is 0 Å². The Hall–Kier alpha value is -1.74. The number of anilines is 2. The van der Waals surface area contributed by atoms with E-state index in [0.717, 1.165) is 10.6 Å². The largest absolute Gasteiger partial charge is 0.396 e. The van der Waals surface area contributed by atoms with Gasteiger partial charge in [-0.05, 0) is 29.8 Å². The molecule has 0 unspecified atom stereocenters.